The fraction of sp³-hybridized carbons (Fsp3) is 0.750. The van der Waals surface area contributed by atoms with E-state index in [1.165, 1.54) is 12.0 Å². The Morgan fingerprint density at radius 1 is 1.54 bits per heavy atom. The third kappa shape index (κ3) is 3.67. The molecule has 0 saturated heterocycles. The zero-order chi connectivity index (χ0) is 10.4. The Bertz CT molecular complexity index is 196. The minimum Gasteiger partial charge on any atom is -0.467 e. The first kappa shape index (κ1) is 12.3. The van der Waals surface area contributed by atoms with Gasteiger partial charge in [0.05, 0.1) is 7.11 Å². The normalized spacial score (nSPS) is 12.0. The maximum absolute atomic E-state index is 11.3. The average Bonchev–Trinajstić information content (AvgIpc) is 2.14. The summed E-state index contributed by atoms with van der Waals surface area (Å²) in [6, 6.07) is -0.530. The lowest BCUT2D eigenvalue weighted by Gasteiger charge is -2.22. The molecule has 13 heavy (non-hydrogen) atoms. The number of hydrogen-bond donors (Lipinski definition) is 1. The summed E-state index contributed by atoms with van der Waals surface area (Å²) >= 11 is 3.93. The molecule has 0 aliphatic rings. The Hall–Kier alpha value is -0.710. The van der Waals surface area contributed by atoms with E-state index in [2.05, 4.69) is 17.4 Å². The van der Waals surface area contributed by atoms with Crippen molar-refractivity contribution in [2.75, 3.05) is 19.9 Å². The summed E-state index contributed by atoms with van der Waals surface area (Å²) in [5.74, 6) is -0.0280. The fourth-order valence-electron chi connectivity index (χ4n) is 0.817. The van der Waals surface area contributed by atoms with Crippen LogP contribution in [0.3, 0.4) is 0 Å². The maximum atomic E-state index is 11.3. The van der Waals surface area contributed by atoms with E-state index in [0.717, 1.165) is 0 Å². The number of likely N-dealkylation sites (N-methyl/N-ethyl adjacent to an activating group) is 1. The Labute approximate surface area is 83.6 Å². The van der Waals surface area contributed by atoms with Gasteiger partial charge in [0.1, 0.15) is 6.04 Å². The van der Waals surface area contributed by atoms with Crippen LogP contribution < -0.4 is 0 Å². The van der Waals surface area contributed by atoms with Crippen molar-refractivity contribution in [3.63, 3.8) is 0 Å². The Kier molecular flexibility index (Phi) is 5.53. The second-order valence-corrected chi connectivity index (χ2v) is 3.12. The summed E-state index contributed by atoms with van der Waals surface area (Å²) in [4.78, 5) is 23.7. The predicted octanol–water partition coefficient (Wildman–Crippen LogP) is 0.326. The van der Waals surface area contributed by atoms with Gasteiger partial charge in [-0.05, 0) is 12.7 Å². The number of nitrogens with zero attached hydrogens (tertiary/aromatic N) is 1. The molecule has 5 heteroatoms. The third-order valence-electron chi connectivity index (χ3n) is 1.84. The number of amides is 1. The molecule has 76 valence electrons. The number of hydrogen-bond acceptors (Lipinski definition) is 4. The highest BCUT2D eigenvalue weighted by molar-refractivity contribution is 7.80. The number of ether oxygens (including phenoxy) is 1. The lowest BCUT2D eigenvalue weighted by atomic mass is 10.3. The molecule has 0 rings (SSSR count). The van der Waals surface area contributed by atoms with Crippen molar-refractivity contribution in [2.24, 2.45) is 0 Å². The van der Waals surface area contributed by atoms with Gasteiger partial charge in [0.2, 0.25) is 5.91 Å². The summed E-state index contributed by atoms with van der Waals surface area (Å²) in [5, 5.41) is 0. The largest absolute Gasteiger partial charge is 0.467 e. The van der Waals surface area contributed by atoms with E-state index in [-0.39, 0.29) is 5.91 Å². The predicted molar refractivity (Wildman–Crippen MR) is 52.7 cm³/mol. The first-order valence-corrected chi connectivity index (χ1v) is 4.62. The monoisotopic (exact) mass is 205 g/mol. The van der Waals surface area contributed by atoms with Crippen LogP contribution in [0.15, 0.2) is 0 Å². The highest BCUT2D eigenvalue weighted by Crippen LogP contribution is 2.01. The van der Waals surface area contributed by atoms with Gasteiger partial charge in [-0.25, -0.2) is 4.79 Å². The summed E-state index contributed by atoms with van der Waals surface area (Å²) in [6.07, 6.45) is 0.334. The van der Waals surface area contributed by atoms with Gasteiger partial charge in [0, 0.05) is 13.5 Å². The van der Waals surface area contributed by atoms with Gasteiger partial charge < -0.3 is 9.64 Å². The molecular weight excluding hydrogens is 190 g/mol. The molecular formula is C8H15NO3S. The number of carbonyl (C=O) groups excluding carboxylic acids is 2. The third-order valence-corrected chi connectivity index (χ3v) is 2.07. The zero-order valence-corrected chi connectivity index (χ0v) is 9.01. The molecule has 0 bridgehead atoms. The van der Waals surface area contributed by atoms with Crippen molar-refractivity contribution in [1.82, 2.24) is 4.90 Å². The molecule has 0 aliphatic carbocycles. The Balaban J connectivity index is 4.16. The van der Waals surface area contributed by atoms with E-state index in [9.17, 15) is 9.59 Å². The standard InChI is InChI=1S/C8H15NO3S/c1-6(8(11)12-3)9(2)7(10)4-5-13/h6,13H,4-5H2,1-3H3/t6-/m0/s1. The number of thiol groups is 1. The molecule has 0 unspecified atom stereocenters. The Morgan fingerprint density at radius 2 is 2.08 bits per heavy atom. The highest BCUT2D eigenvalue weighted by atomic mass is 32.1. The summed E-state index contributed by atoms with van der Waals surface area (Å²) in [7, 11) is 2.88. The molecule has 0 fully saturated rings. The molecule has 0 aliphatic heterocycles. The van der Waals surface area contributed by atoms with Crippen molar-refractivity contribution < 1.29 is 14.3 Å². The van der Waals surface area contributed by atoms with Crippen molar-refractivity contribution in [3.05, 3.63) is 0 Å². The molecule has 1 amide bonds. The highest BCUT2D eigenvalue weighted by Gasteiger charge is 2.21. The smallest absolute Gasteiger partial charge is 0.328 e. The van der Waals surface area contributed by atoms with Crippen LogP contribution in [0.5, 0.6) is 0 Å². The van der Waals surface area contributed by atoms with Crippen LogP contribution in [-0.2, 0) is 14.3 Å². The minimum atomic E-state index is -0.530. The minimum absolute atomic E-state index is 0.104. The van der Waals surface area contributed by atoms with Crippen LogP contribution in [0.4, 0.5) is 0 Å². The number of rotatable bonds is 4. The maximum Gasteiger partial charge on any atom is 0.328 e. The summed E-state index contributed by atoms with van der Waals surface area (Å²) in [5.41, 5.74) is 0. The molecule has 0 aromatic heterocycles. The van der Waals surface area contributed by atoms with Gasteiger partial charge in [-0.3, -0.25) is 4.79 Å². The van der Waals surface area contributed by atoms with Crippen LogP contribution in [-0.4, -0.2) is 42.7 Å². The van der Waals surface area contributed by atoms with Crippen molar-refractivity contribution >= 4 is 24.5 Å². The quantitative estimate of drug-likeness (QED) is 0.531. The molecule has 0 radical (unpaired) electrons. The topological polar surface area (TPSA) is 46.6 Å². The lowest BCUT2D eigenvalue weighted by Crippen LogP contribution is -2.40. The average molecular weight is 205 g/mol. The first-order valence-electron chi connectivity index (χ1n) is 3.99. The van der Waals surface area contributed by atoms with Crippen LogP contribution >= 0.6 is 12.6 Å². The van der Waals surface area contributed by atoms with E-state index in [4.69, 9.17) is 0 Å². The molecule has 0 saturated carbocycles. The van der Waals surface area contributed by atoms with Gasteiger partial charge in [0.15, 0.2) is 0 Å². The van der Waals surface area contributed by atoms with E-state index < -0.39 is 12.0 Å². The molecule has 0 heterocycles. The van der Waals surface area contributed by atoms with Crippen molar-refractivity contribution in [3.8, 4) is 0 Å². The molecule has 1 atom stereocenters. The van der Waals surface area contributed by atoms with Crippen LogP contribution in [0, 0.1) is 0 Å². The molecule has 0 aromatic carbocycles. The summed E-state index contributed by atoms with van der Waals surface area (Å²) < 4.78 is 4.51. The molecule has 0 aromatic rings. The van der Waals surface area contributed by atoms with Crippen LogP contribution in [0.2, 0.25) is 0 Å². The number of methoxy groups -OCH3 is 1. The molecule has 4 nitrogen and oxygen atoms in total. The van der Waals surface area contributed by atoms with E-state index in [1.54, 1.807) is 14.0 Å². The second-order valence-electron chi connectivity index (χ2n) is 2.68. The summed E-state index contributed by atoms with van der Waals surface area (Å²) in [6.45, 7) is 1.63. The van der Waals surface area contributed by atoms with Gasteiger partial charge in [-0.2, -0.15) is 12.6 Å². The Morgan fingerprint density at radius 3 is 2.46 bits per heavy atom. The van der Waals surface area contributed by atoms with E-state index >= 15 is 0 Å². The van der Waals surface area contributed by atoms with Gasteiger partial charge in [0.25, 0.3) is 0 Å². The van der Waals surface area contributed by atoms with Crippen LogP contribution in [0.25, 0.3) is 0 Å². The number of esters is 1. The fourth-order valence-corrected chi connectivity index (χ4v) is 1.01. The van der Waals surface area contributed by atoms with Crippen molar-refractivity contribution in [2.45, 2.75) is 19.4 Å². The molecule has 0 N–H and O–H groups in total. The van der Waals surface area contributed by atoms with Crippen LogP contribution in [0.1, 0.15) is 13.3 Å². The zero-order valence-electron chi connectivity index (χ0n) is 8.11. The van der Waals surface area contributed by atoms with E-state index in [0.29, 0.717) is 12.2 Å². The van der Waals surface area contributed by atoms with Gasteiger partial charge in [-0.15, -0.1) is 0 Å². The van der Waals surface area contributed by atoms with E-state index in [1.807, 2.05) is 0 Å². The SMILES string of the molecule is COC(=O)[C@H](C)N(C)C(=O)CCS. The first-order chi connectivity index (χ1) is 6.04. The number of carbonyl (C=O) groups is 2. The second kappa shape index (κ2) is 5.85. The molecule has 0 spiro atoms. The van der Waals surface area contributed by atoms with Gasteiger partial charge in [-0.1, -0.05) is 0 Å². The van der Waals surface area contributed by atoms with Gasteiger partial charge >= 0.3 is 5.97 Å². The van der Waals surface area contributed by atoms with Crippen molar-refractivity contribution in [1.29, 1.82) is 0 Å². The lowest BCUT2D eigenvalue weighted by molar-refractivity contribution is -0.150.